The molecule has 0 saturated carbocycles. The van der Waals surface area contributed by atoms with Crippen LogP contribution in [0.4, 0.5) is 0 Å². The van der Waals surface area contributed by atoms with Crippen molar-refractivity contribution in [2.24, 2.45) is 0 Å². The van der Waals surface area contributed by atoms with Gasteiger partial charge in [0.05, 0.1) is 21.8 Å². The summed E-state index contributed by atoms with van der Waals surface area (Å²) in [5.41, 5.74) is 3.66. The summed E-state index contributed by atoms with van der Waals surface area (Å²) >= 11 is 0. The van der Waals surface area contributed by atoms with E-state index < -0.39 is 18.9 Å². The van der Waals surface area contributed by atoms with Gasteiger partial charge in [-0.15, -0.1) is 0 Å². The molecule has 0 unspecified atom stereocenters. The van der Waals surface area contributed by atoms with Gasteiger partial charge in [0.15, 0.2) is 0 Å². The summed E-state index contributed by atoms with van der Waals surface area (Å²) in [5, 5.41) is 1.71. The predicted molar refractivity (Wildman–Crippen MR) is 137 cm³/mol. The van der Waals surface area contributed by atoms with Crippen LogP contribution in [-0.4, -0.2) is 19.3 Å². The molecule has 0 spiro atoms. The monoisotopic (exact) mass is 445 g/mol. The maximum atomic E-state index is 13.2. The number of nitrogens with one attached hydrogen (secondary N) is 1. The number of rotatable bonds is 5. The Morgan fingerprint density at radius 2 is 1.23 bits per heavy atom. The molecule has 2 aromatic rings. The summed E-state index contributed by atoms with van der Waals surface area (Å²) in [5.74, 6) is 0. The van der Waals surface area contributed by atoms with Crippen molar-refractivity contribution in [3.63, 3.8) is 0 Å². The molecule has 0 fully saturated rings. The predicted octanol–water partition coefficient (Wildman–Crippen LogP) is 6.84. The fraction of sp³-hybridized carbons (Fsp3) is 0.538. The first-order valence-electron chi connectivity index (χ1n) is 10.8. The topological polar surface area (TPSA) is 29.1 Å². The van der Waals surface area contributed by atoms with Crippen molar-refractivity contribution in [2.75, 3.05) is 0 Å². The maximum absolute atomic E-state index is 13.2. The fourth-order valence-electron chi connectivity index (χ4n) is 4.15. The zero-order valence-corrected chi connectivity index (χ0v) is 22.2. The minimum absolute atomic E-state index is 0.114. The van der Waals surface area contributed by atoms with Gasteiger partial charge < -0.3 is 0 Å². The second kappa shape index (κ2) is 9.23. The molecule has 0 amide bonds. The lowest BCUT2D eigenvalue weighted by Gasteiger charge is -2.43. The average molecular weight is 446 g/mol. The lowest BCUT2D eigenvalue weighted by molar-refractivity contribution is 0.623. The van der Waals surface area contributed by atoms with E-state index in [1.165, 1.54) is 22.0 Å². The van der Waals surface area contributed by atoms with Gasteiger partial charge in [0, 0.05) is 0 Å². The van der Waals surface area contributed by atoms with E-state index in [0.29, 0.717) is 0 Å². The summed E-state index contributed by atoms with van der Waals surface area (Å²) in [7, 11) is -1.67. The molecule has 30 heavy (non-hydrogen) atoms. The molecule has 0 radical (unpaired) electrons. The second-order valence-electron chi connectivity index (χ2n) is 11.0. The van der Waals surface area contributed by atoms with Crippen molar-refractivity contribution in [2.45, 2.75) is 90.3 Å². The van der Waals surface area contributed by atoms with E-state index in [1.807, 2.05) is 20.8 Å². The van der Waals surface area contributed by atoms with Gasteiger partial charge in [-0.05, 0) is 60.0 Å². The van der Waals surface area contributed by atoms with Crippen molar-refractivity contribution >= 4 is 24.2 Å². The van der Waals surface area contributed by atoms with E-state index in [0.717, 1.165) is 0 Å². The van der Waals surface area contributed by atoms with Gasteiger partial charge in [0.25, 0.3) is 0 Å². The zero-order chi connectivity index (χ0) is 22.9. The molecule has 0 saturated heterocycles. The molecule has 0 aliphatic heterocycles. The minimum Gasteiger partial charge on any atom is -0.242 e. The van der Waals surface area contributed by atoms with Crippen molar-refractivity contribution < 1.29 is 4.21 Å². The van der Waals surface area contributed by atoms with Gasteiger partial charge in [0.2, 0.25) is 0 Å². The molecule has 2 rings (SSSR count). The number of hydrogen-bond acceptors (Lipinski definition) is 1. The average Bonchev–Trinajstić information content (AvgIpc) is 2.57. The Labute approximate surface area is 188 Å². The molecule has 2 atom stereocenters. The normalized spacial score (nSPS) is 15.3. The van der Waals surface area contributed by atoms with Crippen molar-refractivity contribution in [1.29, 1.82) is 0 Å². The summed E-state index contributed by atoms with van der Waals surface area (Å²) in [6.07, 6.45) is 0. The van der Waals surface area contributed by atoms with Crippen molar-refractivity contribution in [3.8, 4) is 0 Å². The first-order chi connectivity index (χ1) is 13.6. The zero-order valence-electron chi connectivity index (χ0n) is 20.5. The lowest BCUT2D eigenvalue weighted by Crippen LogP contribution is -2.39. The molecule has 166 valence electrons. The van der Waals surface area contributed by atoms with Gasteiger partial charge in [-0.25, -0.2) is 8.93 Å². The van der Waals surface area contributed by atoms with Crippen molar-refractivity contribution in [1.82, 2.24) is 4.72 Å². The summed E-state index contributed by atoms with van der Waals surface area (Å²) in [4.78, 5) is 0. The third kappa shape index (κ3) is 6.02. The summed E-state index contributed by atoms with van der Waals surface area (Å²) in [6, 6.07) is 17.1. The lowest BCUT2D eigenvalue weighted by atomic mass is 9.96. The summed E-state index contributed by atoms with van der Waals surface area (Å²) in [6.45, 7) is 22.3. The van der Waals surface area contributed by atoms with Gasteiger partial charge in [-0.1, -0.05) is 98.0 Å². The van der Waals surface area contributed by atoms with Crippen LogP contribution in [-0.2, 0) is 11.0 Å². The van der Waals surface area contributed by atoms with Crippen LogP contribution in [0.1, 0.15) is 85.0 Å². The van der Waals surface area contributed by atoms with Gasteiger partial charge in [-0.3, -0.25) is 0 Å². The number of aryl methyl sites for hydroxylation is 1. The van der Waals surface area contributed by atoms with Crippen LogP contribution in [0.5, 0.6) is 0 Å². The number of hydrogen-bond donors (Lipinski definition) is 1. The minimum atomic E-state index is -1.18. The first-order valence-corrected chi connectivity index (χ1v) is 13.3. The Balaban J connectivity index is 2.74. The largest absolute Gasteiger partial charge is 0.242 e. The Morgan fingerprint density at radius 1 is 0.767 bits per heavy atom. The van der Waals surface area contributed by atoms with Crippen LogP contribution in [0.15, 0.2) is 48.5 Å². The summed E-state index contributed by atoms with van der Waals surface area (Å²) < 4.78 is 16.4. The SMILES string of the molecule is Cc1ccccc1[C@@H](N[S@](=O)C(C)(C)C)c1ccccc1P(C(C)(C)C)C(C)(C)C. The van der Waals surface area contributed by atoms with E-state index in [2.05, 4.69) is 102 Å². The molecule has 2 aromatic carbocycles. The Morgan fingerprint density at radius 3 is 1.70 bits per heavy atom. The molecule has 1 N–H and O–H groups in total. The Bertz CT molecular complexity index is 873. The third-order valence-corrected chi connectivity index (χ3v) is 10.2. The third-order valence-electron chi connectivity index (χ3n) is 5.11. The molecule has 0 aliphatic carbocycles. The second-order valence-corrected chi connectivity index (χ2v) is 16.9. The van der Waals surface area contributed by atoms with E-state index in [4.69, 9.17) is 0 Å². The molecule has 0 heterocycles. The standard InChI is InChI=1S/C26H40NOPS/c1-19-15-11-12-16-20(19)23(27-30(28)26(8,9)10)21-17-13-14-18-22(21)29(24(2,3)4)25(5,6)7/h11-18,23,27H,1-10H3/t23-,30-/m1/s1. The van der Waals surface area contributed by atoms with Gasteiger partial charge >= 0.3 is 0 Å². The van der Waals surface area contributed by atoms with Crippen LogP contribution in [0.25, 0.3) is 0 Å². The van der Waals surface area contributed by atoms with Crippen LogP contribution in [0, 0.1) is 6.92 Å². The quantitative estimate of drug-likeness (QED) is 0.502. The molecule has 0 bridgehead atoms. The highest BCUT2D eigenvalue weighted by atomic mass is 32.2. The maximum Gasteiger partial charge on any atom is 0.0979 e. The Kier molecular flexibility index (Phi) is 7.76. The molecule has 4 heteroatoms. The highest BCUT2D eigenvalue weighted by Crippen LogP contribution is 2.59. The first kappa shape index (κ1) is 25.2. The van der Waals surface area contributed by atoms with Gasteiger partial charge in [0.1, 0.15) is 0 Å². The van der Waals surface area contributed by atoms with Crippen molar-refractivity contribution in [3.05, 3.63) is 65.2 Å². The number of benzene rings is 2. The highest BCUT2D eigenvalue weighted by molar-refractivity contribution is 7.84. The molecule has 0 aromatic heterocycles. The van der Waals surface area contributed by atoms with Crippen LogP contribution < -0.4 is 10.0 Å². The van der Waals surface area contributed by atoms with Crippen LogP contribution in [0.3, 0.4) is 0 Å². The van der Waals surface area contributed by atoms with Crippen LogP contribution >= 0.6 is 7.92 Å². The molecular weight excluding hydrogens is 405 g/mol. The van der Waals surface area contributed by atoms with E-state index in [9.17, 15) is 4.21 Å². The fourth-order valence-corrected chi connectivity index (χ4v) is 9.13. The molecular formula is C26H40NOPS. The highest BCUT2D eigenvalue weighted by Gasteiger charge is 2.38. The van der Waals surface area contributed by atoms with Gasteiger partial charge in [-0.2, -0.15) is 0 Å². The molecule has 2 nitrogen and oxygen atoms in total. The molecule has 0 aliphatic rings. The van der Waals surface area contributed by atoms with E-state index >= 15 is 0 Å². The van der Waals surface area contributed by atoms with Crippen LogP contribution in [0.2, 0.25) is 0 Å². The van der Waals surface area contributed by atoms with E-state index in [1.54, 1.807) is 0 Å². The Hall–Kier alpha value is -1.02. The van der Waals surface area contributed by atoms with E-state index in [-0.39, 0.29) is 21.1 Å². The smallest absolute Gasteiger partial charge is 0.0979 e.